The third-order valence-corrected chi connectivity index (χ3v) is 3.66. The Morgan fingerprint density at radius 3 is 1.85 bits per heavy atom. The number of halogens is 7. The lowest BCUT2D eigenvalue weighted by Gasteiger charge is -2.39. The van der Waals surface area contributed by atoms with Crippen molar-refractivity contribution in [3.05, 3.63) is 65.5 Å². The van der Waals surface area contributed by atoms with Gasteiger partial charge in [0.1, 0.15) is 5.82 Å². The molecule has 1 amide bonds. The summed E-state index contributed by atoms with van der Waals surface area (Å²) in [5, 5.41) is 2.05. The summed E-state index contributed by atoms with van der Waals surface area (Å²) >= 11 is 0. The topological polar surface area (TPSA) is 41.1 Å². The smallest absolute Gasteiger partial charge is 0.345 e. The van der Waals surface area contributed by atoms with Crippen LogP contribution in [0.4, 0.5) is 36.4 Å². The van der Waals surface area contributed by atoms with Crippen LogP contribution < -0.4 is 10.6 Å². The van der Waals surface area contributed by atoms with Crippen molar-refractivity contribution < 1.29 is 35.5 Å². The van der Waals surface area contributed by atoms with E-state index in [4.69, 9.17) is 0 Å². The summed E-state index contributed by atoms with van der Waals surface area (Å²) in [5.41, 5.74) is -5.75. The molecule has 2 aromatic rings. The van der Waals surface area contributed by atoms with E-state index in [1.54, 1.807) is 6.92 Å². The minimum Gasteiger partial charge on any atom is -0.345 e. The van der Waals surface area contributed by atoms with Crippen LogP contribution >= 0.6 is 0 Å². The van der Waals surface area contributed by atoms with Crippen molar-refractivity contribution in [2.24, 2.45) is 0 Å². The zero-order valence-electron chi connectivity index (χ0n) is 13.7. The molecule has 0 spiro atoms. The molecular weight excluding hydrogens is 381 g/mol. The molecule has 0 bridgehead atoms. The largest absolute Gasteiger partial charge is 0.439 e. The zero-order valence-corrected chi connectivity index (χ0v) is 13.7. The van der Waals surface area contributed by atoms with E-state index in [0.717, 1.165) is 34.9 Å². The van der Waals surface area contributed by atoms with Gasteiger partial charge in [-0.3, -0.25) is 4.79 Å². The Bertz CT molecular complexity index is 799. The molecule has 0 radical (unpaired) electrons. The highest BCUT2D eigenvalue weighted by molar-refractivity contribution is 5.95. The Kier molecular flexibility index (Phi) is 5.39. The summed E-state index contributed by atoms with van der Waals surface area (Å²) < 4.78 is 94.7. The molecule has 27 heavy (non-hydrogen) atoms. The second-order valence-corrected chi connectivity index (χ2v) is 5.67. The first-order chi connectivity index (χ1) is 12.4. The quantitative estimate of drug-likeness (QED) is 0.578. The first-order valence-electron chi connectivity index (χ1n) is 7.43. The third-order valence-electron chi connectivity index (χ3n) is 3.66. The van der Waals surface area contributed by atoms with Crippen molar-refractivity contribution in [1.82, 2.24) is 5.32 Å². The number of amides is 1. The average Bonchev–Trinajstić information content (AvgIpc) is 2.54. The molecule has 2 aromatic carbocycles. The number of alkyl halides is 6. The predicted molar refractivity (Wildman–Crippen MR) is 83.5 cm³/mol. The van der Waals surface area contributed by atoms with E-state index in [9.17, 15) is 35.5 Å². The second-order valence-electron chi connectivity index (χ2n) is 5.67. The van der Waals surface area contributed by atoms with Gasteiger partial charge < -0.3 is 10.6 Å². The molecule has 0 heterocycles. The van der Waals surface area contributed by atoms with Gasteiger partial charge in [-0.2, -0.15) is 26.3 Å². The van der Waals surface area contributed by atoms with Gasteiger partial charge in [0.05, 0.1) is 5.69 Å². The number of anilines is 1. The minimum absolute atomic E-state index is 0.422. The van der Waals surface area contributed by atoms with Gasteiger partial charge in [-0.1, -0.05) is 29.8 Å². The van der Waals surface area contributed by atoms with Crippen molar-refractivity contribution in [3.8, 4) is 0 Å². The van der Waals surface area contributed by atoms with E-state index < -0.39 is 41.0 Å². The standard InChI is InChI=1S/C17H13F7N2O/c1-10-6-8-11(9-7-10)14(27)26-15(16(19,20)21,17(22,23)24)25-13-5-3-2-4-12(13)18/h2-9,25H,1H3,(H,26,27). The Labute approximate surface area is 149 Å². The highest BCUT2D eigenvalue weighted by Crippen LogP contribution is 2.44. The lowest BCUT2D eigenvalue weighted by Crippen LogP contribution is -2.72. The van der Waals surface area contributed by atoms with Crippen molar-refractivity contribution in [2.45, 2.75) is 24.9 Å². The number of rotatable bonds is 4. The molecule has 0 saturated heterocycles. The molecule has 0 aliphatic heterocycles. The van der Waals surface area contributed by atoms with Crippen LogP contribution in [0.5, 0.6) is 0 Å². The maximum absolute atomic E-state index is 13.7. The molecule has 0 unspecified atom stereocenters. The van der Waals surface area contributed by atoms with E-state index in [-0.39, 0.29) is 0 Å². The maximum Gasteiger partial charge on any atom is 0.439 e. The fourth-order valence-electron chi connectivity index (χ4n) is 2.19. The van der Waals surface area contributed by atoms with Gasteiger partial charge in [-0.15, -0.1) is 0 Å². The van der Waals surface area contributed by atoms with Crippen LogP contribution in [0.25, 0.3) is 0 Å². The Morgan fingerprint density at radius 2 is 1.37 bits per heavy atom. The summed E-state index contributed by atoms with van der Waals surface area (Å²) in [4.78, 5) is 12.1. The van der Waals surface area contributed by atoms with Crippen molar-refractivity contribution >= 4 is 11.6 Å². The lowest BCUT2D eigenvalue weighted by molar-refractivity contribution is -0.294. The highest BCUT2D eigenvalue weighted by atomic mass is 19.4. The van der Waals surface area contributed by atoms with E-state index in [1.807, 2.05) is 0 Å². The maximum atomic E-state index is 13.7. The molecule has 10 heteroatoms. The van der Waals surface area contributed by atoms with Crippen molar-refractivity contribution in [2.75, 3.05) is 5.32 Å². The van der Waals surface area contributed by atoms with Crippen LogP contribution in [0.2, 0.25) is 0 Å². The number of para-hydroxylation sites is 1. The van der Waals surface area contributed by atoms with Gasteiger partial charge in [0.2, 0.25) is 0 Å². The van der Waals surface area contributed by atoms with Gasteiger partial charge in [0.25, 0.3) is 5.91 Å². The SMILES string of the molecule is Cc1ccc(C(=O)NC(Nc2ccccc2F)(C(F)(F)F)C(F)(F)F)cc1. The summed E-state index contributed by atoms with van der Waals surface area (Å²) in [6.45, 7) is 1.62. The fraction of sp³-hybridized carbons (Fsp3) is 0.235. The molecule has 0 fully saturated rings. The first kappa shape index (κ1) is 20.5. The van der Waals surface area contributed by atoms with Crippen molar-refractivity contribution in [1.29, 1.82) is 0 Å². The molecule has 146 valence electrons. The van der Waals surface area contributed by atoms with Gasteiger partial charge in [-0.25, -0.2) is 4.39 Å². The molecular formula is C17H13F7N2O. The molecule has 0 atom stereocenters. The number of benzene rings is 2. The van der Waals surface area contributed by atoms with E-state index >= 15 is 0 Å². The summed E-state index contributed by atoms with van der Waals surface area (Å²) in [6, 6.07) is 8.36. The Morgan fingerprint density at radius 1 is 0.852 bits per heavy atom. The lowest BCUT2D eigenvalue weighted by atomic mass is 10.1. The molecule has 0 aliphatic rings. The molecule has 0 aromatic heterocycles. The van der Waals surface area contributed by atoms with Crippen LogP contribution in [-0.2, 0) is 0 Å². The zero-order chi connectivity index (χ0) is 20.5. The minimum atomic E-state index is -6.03. The molecule has 0 aliphatic carbocycles. The number of carbonyl (C=O) groups excluding carboxylic acids is 1. The molecule has 2 rings (SSSR count). The van der Waals surface area contributed by atoms with Crippen LogP contribution in [0, 0.1) is 12.7 Å². The fourth-order valence-corrected chi connectivity index (χ4v) is 2.19. The summed E-state index contributed by atoms with van der Waals surface area (Å²) in [5.74, 6) is -2.98. The van der Waals surface area contributed by atoms with Gasteiger partial charge >= 0.3 is 18.0 Å². The molecule has 3 nitrogen and oxygen atoms in total. The molecule has 0 saturated carbocycles. The van der Waals surface area contributed by atoms with E-state index in [1.165, 1.54) is 12.1 Å². The highest BCUT2D eigenvalue weighted by Gasteiger charge is 2.72. The van der Waals surface area contributed by atoms with E-state index in [0.29, 0.717) is 17.7 Å². The number of carbonyl (C=O) groups is 1. The Hall–Kier alpha value is -2.78. The predicted octanol–water partition coefficient (Wildman–Crippen LogP) is 4.80. The summed E-state index contributed by atoms with van der Waals surface area (Å²) in [6.07, 6.45) is -12.1. The first-order valence-corrected chi connectivity index (χ1v) is 7.43. The Balaban J connectivity index is 2.53. The number of hydrogen-bond donors (Lipinski definition) is 2. The normalized spacial score (nSPS) is 12.6. The van der Waals surface area contributed by atoms with Crippen LogP contribution in [0.1, 0.15) is 15.9 Å². The van der Waals surface area contributed by atoms with E-state index in [2.05, 4.69) is 0 Å². The number of hydrogen-bond acceptors (Lipinski definition) is 2. The number of nitrogens with one attached hydrogen (secondary N) is 2. The second kappa shape index (κ2) is 7.09. The number of aryl methyl sites for hydroxylation is 1. The van der Waals surface area contributed by atoms with Crippen molar-refractivity contribution in [3.63, 3.8) is 0 Å². The van der Waals surface area contributed by atoms with Crippen LogP contribution in [0.3, 0.4) is 0 Å². The van der Waals surface area contributed by atoms with Crippen LogP contribution in [-0.4, -0.2) is 23.9 Å². The van der Waals surface area contributed by atoms with Crippen LogP contribution in [0.15, 0.2) is 48.5 Å². The average molecular weight is 394 g/mol. The summed E-state index contributed by atoms with van der Waals surface area (Å²) in [7, 11) is 0. The monoisotopic (exact) mass is 394 g/mol. The molecule has 2 N–H and O–H groups in total. The van der Waals surface area contributed by atoms with Gasteiger partial charge in [-0.05, 0) is 31.2 Å². The third kappa shape index (κ3) is 4.15. The van der Waals surface area contributed by atoms with Gasteiger partial charge in [0.15, 0.2) is 0 Å². The van der Waals surface area contributed by atoms with Gasteiger partial charge in [0, 0.05) is 5.56 Å².